The number of nitrogens with zero attached hydrogens (tertiary/aromatic N) is 3. The van der Waals surface area contributed by atoms with Gasteiger partial charge in [0.1, 0.15) is 5.75 Å². The predicted octanol–water partition coefficient (Wildman–Crippen LogP) is 4.34. The molecule has 2 atom stereocenters. The van der Waals surface area contributed by atoms with E-state index in [1.54, 1.807) is 26.6 Å². The molecule has 0 spiro atoms. The topological polar surface area (TPSA) is 56.2 Å². The number of hydrazone groups is 1. The highest BCUT2D eigenvalue weighted by Crippen LogP contribution is 2.47. The van der Waals surface area contributed by atoms with E-state index >= 15 is 0 Å². The smallest absolute Gasteiger partial charge is 0.213 e. The van der Waals surface area contributed by atoms with Crippen LogP contribution in [0.5, 0.6) is 17.2 Å². The first-order valence-corrected chi connectivity index (χ1v) is 9.52. The van der Waals surface area contributed by atoms with Gasteiger partial charge in [-0.05, 0) is 36.4 Å². The van der Waals surface area contributed by atoms with E-state index in [-0.39, 0.29) is 12.3 Å². The molecule has 2 aromatic carbocycles. The van der Waals surface area contributed by atoms with Crippen LogP contribution in [0.15, 0.2) is 72.1 Å². The number of ether oxygens (including phenoxy) is 3. The number of benzene rings is 2. The monoisotopic (exact) mass is 387 g/mol. The van der Waals surface area contributed by atoms with Gasteiger partial charge >= 0.3 is 0 Å². The fraction of sp³-hybridized carbons (Fsp3) is 0.217. The second kappa shape index (κ2) is 7.13. The van der Waals surface area contributed by atoms with Crippen LogP contribution in [0.25, 0.3) is 0 Å². The van der Waals surface area contributed by atoms with E-state index in [0.29, 0.717) is 11.5 Å². The van der Waals surface area contributed by atoms with Crippen molar-refractivity contribution >= 4 is 5.71 Å². The number of aromatic nitrogens is 1. The number of methoxy groups -OCH3 is 2. The summed E-state index contributed by atoms with van der Waals surface area (Å²) in [5, 5.41) is 7.04. The largest absolute Gasteiger partial charge is 0.493 e. The van der Waals surface area contributed by atoms with Gasteiger partial charge in [-0.1, -0.05) is 18.2 Å². The van der Waals surface area contributed by atoms with Crippen molar-refractivity contribution in [2.45, 2.75) is 18.7 Å². The first-order valence-electron chi connectivity index (χ1n) is 9.52. The van der Waals surface area contributed by atoms with Crippen molar-refractivity contribution in [3.8, 4) is 17.2 Å². The van der Waals surface area contributed by atoms with Gasteiger partial charge in [0.05, 0.1) is 26.0 Å². The molecular weight excluding hydrogens is 366 g/mol. The standard InChI is InChI=1S/C23H21N3O3/c1-27-21-8-7-16(13-22(21)28-2)18-14-19-17-5-3-4-6-20(17)29-23(26(19)25-18)15-9-11-24-12-10-15/h3-13,19,23H,14H2,1-2H3/t19-,23-/m1/s1. The molecule has 3 aromatic rings. The molecule has 3 heterocycles. The molecule has 0 saturated carbocycles. The lowest BCUT2D eigenvalue weighted by molar-refractivity contribution is -0.0190. The minimum atomic E-state index is -0.296. The van der Waals surface area contributed by atoms with Crippen LogP contribution >= 0.6 is 0 Å². The van der Waals surface area contributed by atoms with Crippen molar-refractivity contribution in [2.24, 2.45) is 5.10 Å². The molecule has 0 saturated heterocycles. The average Bonchev–Trinajstić information content (AvgIpc) is 3.24. The van der Waals surface area contributed by atoms with Crippen LogP contribution in [0.4, 0.5) is 0 Å². The van der Waals surface area contributed by atoms with Gasteiger partial charge in [-0.2, -0.15) is 5.10 Å². The van der Waals surface area contributed by atoms with Crippen molar-refractivity contribution in [2.75, 3.05) is 14.2 Å². The highest BCUT2D eigenvalue weighted by atomic mass is 16.5. The molecule has 2 aliphatic heterocycles. The number of pyridine rings is 1. The molecule has 6 nitrogen and oxygen atoms in total. The number of rotatable bonds is 4. The van der Waals surface area contributed by atoms with Crippen molar-refractivity contribution in [3.05, 3.63) is 83.7 Å². The highest BCUT2D eigenvalue weighted by Gasteiger charge is 2.40. The second-order valence-electron chi connectivity index (χ2n) is 7.00. The van der Waals surface area contributed by atoms with Crippen LogP contribution in [0, 0.1) is 0 Å². The molecule has 0 bridgehead atoms. The summed E-state index contributed by atoms with van der Waals surface area (Å²) in [6.45, 7) is 0. The summed E-state index contributed by atoms with van der Waals surface area (Å²) in [6, 6.07) is 18.2. The van der Waals surface area contributed by atoms with Crippen LogP contribution in [-0.2, 0) is 0 Å². The molecule has 6 heteroatoms. The molecule has 29 heavy (non-hydrogen) atoms. The first-order chi connectivity index (χ1) is 14.3. The summed E-state index contributed by atoms with van der Waals surface area (Å²) in [4.78, 5) is 4.13. The summed E-state index contributed by atoms with van der Waals surface area (Å²) in [5.74, 6) is 2.30. The molecule has 2 aliphatic rings. The van der Waals surface area contributed by atoms with E-state index in [4.69, 9.17) is 19.3 Å². The Kier molecular flexibility index (Phi) is 4.31. The minimum absolute atomic E-state index is 0.112. The fourth-order valence-corrected chi connectivity index (χ4v) is 3.97. The van der Waals surface area contributed by atoms with Crippen LogP contribution in [-0.4, -0.2) is 29.9 Å². The van der Waals surface area contributed by atoms with Gasteiger partial charge in [0.25, 0.3) is 0 Å². The maximum Gasteiger partial charge on any atom is 0.213 e. The maximum absolute atomic E-state index is 6.34. The molecule has 0 unspecified atom stereocenters. The lowest BCUT2D eigenvalue weighted by atomic mass is 9.96. The fourth-order valence-electron chi connectivity index (χ4n) is 3.97. The Balaban J connectivity index is 1.57. The first kappa shape index (κ1) is 17.6. The molecule has 0 radical (unpaired) electrons. The maximum atomic E-state index is 6.34. The Morgan fingerprint density at radius 2 is 1.76 bits per heavy atom. The molecule has 1 aromatic heterocycles. The van der Waals surface area contributed by atoms with E-state index in [1.165, 1.54) is 0 Å². The Bertz CT molecular complexity index is 1070. The quantitative estimate of drug-likeness (QED) is 0.667. The van der Waals surface area contributed by atoms with Gasteiger partial charge in [-0.25, -0.2) is 5.01 Å². The number of fused-ring (bicyclic) bond motifs is 3. The van der Waals surface area contributed by atoms with Crippen LogP contribution in [0.3, 0.4) is 0 Å². The zero-order chi connectivity index (χ0) is 19.8. The summed E-state index contributed by atoms with van der Waals surface area (Å²) in [6.07, 6.45) is 4.06. The normalized spacial score (nSPS) is 19.7. The van der Waals surface area contributed by atoms with Crippen molar-refractivity contribution in [1.29, 1.82) is 0 Å². The van der Waals surface area contributed by atoms with E-state index in [2.05, 4.69) is 16.1 Å². The summed E-state index contributed by atoms with van der Waals surface area (Å²) in [5.41, 5.74) is 4.19. The average molecular weight is 387 g/mol. The number of para-hydroxylation sites is 1. The second-order valence-corrected chi connectivity index (χ2v) is 7.00. The van der Waals surface area contributed by atoms with Gasteiger partial charge in [0, 0.05) is 35.5 Å². The molecule has 146 valence electrons. The molecule has 0 N–H and O–H groups in total. The molecule has 0 fully saturated rings. The Labute approximate surface area is 169 Å². The molecular formula is C23H21N3O3. The third-order valence-electron chi connectivity index (χ3n) is 5.41. The summed E-state index contributed by atoms with van der Waals surface area (Å²) < 4.78 is 17.2. The minimum Gasteiger partial charge on any atom is -0.493 e. The molecule has 0 amide bonds. The number of hydrogen-bond donors (Lipinski definition) is 0. The lowest BCUT2D eigenvalue weighted by Crippen LogP contribution is -2.33. The Morgan fingerprint density at radius 1 is 0.966 bits per heavy atom. The van der Waals surface area contributed by atoms with E-state index < -0.39 is 0 Å². The number of hydrogen-bond acceptors (Lipinski definition) is 6. The predicted molar refractivity (Wildman–Crippen MR) is 109 cm³/mol. The third kappa shape index (κ3) is 2.97. The van der Waals surface area contributed by atoms with Crippen LogP contribution < -0.4 is 14.2 Å². The molecule has 5 rings (SSSR count). The van der Waals surface area contributed by atoms with Gasteiger partial charge in [0.15, 0.2) is 11.5 Å². The lowest BCUT2D eigenvalue weighted by Gasteiger charge is -2.38. The summed E-state index contributed by atoms with van der Waals surface area (Å²) in [7, 11) is 3.28. The zero-order valence-electron chi connectivity index (χ0n) is 16.3. The van der Waals surface area contributed by atoms with E-state index in [9.17, 15) is 0 Å². The third-order valence-corrected chi connectivity index (χ3v) is 5.41. The Morgan fingerprint density at radius 3 is 2.55 bits per heavy atom. The van der Waals surface area contributed by atoms with Gasteiger partial charge in [-0.15, -0.1) is 0 Å². The van der Waals surface area contributed by atoms with E-state index in [0.717, 1.165) is 34.6 Å². The van der Waals surface area contributed by atoms with Gasteiger partial charge in [0.2, 0.25) is 6.23 Å². The van der Waals surface area contributed by atoms with Crippen molar-refractivity contribution < 1.29 is 14.2 Å². The highest BCUT2D eigenvalue weighted by molar-refractivity contribution is 6.02. The van der Waals surface area contributed by atoms with E-state index in [1.807, 2.05) is 48.5 Å². The molecule has 0 aliphatic carbocycles. The van der Waals surface area contributed by atoms with Crippen LogP contribution in [0.1, 0.15) is 35.4 Å². The van der Waals surface area contributed by atoms with Crippen LogP contribution in [0.2, 0.25) is 0 Å². The SMILES string of the molecule is COc1ccc(C2=NN3[C@H](C2)c2ccccc2O[C@@H]3c2ccncc2)cc1OC. The van der Waals surface area contributed by atoms with Crippen molar-refractivity contribution in [3.63, 3.8) is 0 Å². The Hall–Kier alpha value is -3.54. The van der Waals surface area contributed by atoms with Crippen molar-refractivity contribution in [1.82, 2.24) is 9.99 Å². The summed E-state index contributed by atoms with van der Waals surface area (Å²) >= 11 is 0. The van der Waals surface area contributed by atoms with Gasteiger partial charge in [-0.3, -0.25) is 4.98 Å². The zero-order valence-corrected chi connectivity index (χ0v) is 16.3. The van der Waals surface area contributed by atoms with Gasteiger partial charge < -0.3 is 14.2 Å².